The number of hydrogen-bond donors (Lipinski definition) is 1. The monoisotopic (exact) mass is 1100 g/mol. The van der Waals surface area contributed by atoms with Crippen molar-refractivity contribution in [3.8, 4) is 22.3 Å². The molecule has 2 heterocycles. The first-order valence-electron chi connectivity index (χ1n) is 29.9. The normalized spacial score (nSPS) is 19.6. The number of aryl methyl sites for hydroxylation is 1. The molecule has 83 heavy (non-hydrogen) atoms. The zero-order chi connectivity index (χ0) is 55.4. The Bertz CT molecular complexity index is 4690. The summed E-state index contributed by atoms with van der Waals surface area (Å²) >= 11 is 3.97. The zero-order valence-electron chi connectivity index (χ0n) is 47.2. The first-order valence-corrected chi connectivity index (χ1v) is 31.5. The number of thiophene rings is 2. The summed E-state index contributed by atoms with van der Waals surface area (Å²) in [6, 6.07) is 65.2. The van der Waals surface area contributed by atoms with Crippen molar-refractivity contribution in [1.29, 1.82) is 0 Å². The van der Waals surface area contributed by atoms with Gasteiger partial charge >= 0.3 is 0 Å². The summed E-state index contributed by atoms with van der Waals surface area (Å²) in [7, 11) is 0. The molecular formula is C79H64N2S2. The van der Waals surface area contributed by atoms with Gasteiger partial charge in [-0.05, 0) is 157 Å². The Labute approximate surface area is 495 Å². The summed E-state index contributed by atoms with van der Waals surface area (Å²) in [6.45, 7) is 7.34. The molecule has 5 aliphatic rings. The third-order valence-electron chi connectivity index (χ3n) is 19.0. The maximum atomic E-state index is 4.28. The van der Waals surface area contributed by atoms with Crippen molar-refractivity contribution in [1.82, 2.24) is 0 Å². The highest BCUT2D eigenvalue weighted by Gasteiger charge is 2.38. The number of nitrogens with zero attached hydrogens (tertiary/aromatic N) is 1. The molecule has 9 aromatic carbocycles. The lowest BCUT2D eigenvalue weighted by Gasteiger charge is -2.42. The molecule has 0 aliphatic heterocycles. The van der Waals surface area contributed by atoms with E-state index >= 15 is 0 Å². The summed E-state index contributed by atoms with van der Waals surface area (Å²) in [5.74, 6) is 0.653. The highest BCUT2D eigenvalue weighted by molar-refractivity contribution is 7.26. The molecule has 4 unspecified atom stereocenters. The van der Waals surface area contributed by atoms with Gasteiger partial charge in [-0.1, -0.05) is 232 Å². The molecule has 4 atom stereocenters. The average molecular weight is 1110 g/mol. The SMILES string of the molecule is CC1(C)c2cc(NC(c3cccc4c5c(sc34)C(c3ccccc3)=CCC5)C3C=CC=CC3)ccc2-c2c(-c3ccccc3)c3ccc(N(c4cccc5c4sc4c(C6C=CC=CC6)cccc45)C4(C)C=CC=CC4)cc3c3cccc1c23. The maximum Gasteiger partial charge on any atom is 0.0643 e. The molecule has 1 N–H and O–H groups in total. The molecule has 0 bridgehead atoms. The molecule has 402 valence electrons. The second-order valence-corrected chi connectivity index (χ2v) is 26.3. The molecule has 0 amide bonds. The molecule has 4 heteroatoms. The van der Waals surface area contributed by atoms with Crippen LogP contribution >= 0.6 is 22.7 Å². The summed E-state index contributed by atoms with van der Waals surface area (Å²) in [5.41, 5.74) is 17.8. The quantitative estimate of drug-likeness (QED) is 0.137. The predicted octanol–water partition coefficient (Wildman–Crippen LogP) is 22.2. The Morgan fingerprint density at radius 1 is 0.554 bits per heavy atom. The standard InChI is InChI=1S/C79H64N2S2/c1-78(2)67-40-22-34-58-66-49-55(81(79(3)46-17-8-18-47-79)69-41-23-38-63-62-36-20-33-57(75(62)83-77(63)69)51-26-11-5-12-27-51)43-45-59(66)70(52-28-13-6-14-29-52)72(71(58)67)64-44-42-54(48-68(64)78)80-73(53-30-15-7-16-31-53)65-39-21-37-61-60-35-19-32-56(74(60)82-76(61)65)50-24-9-4-10-25-50/h4-18,20-26,28-30,32-34,36-46,48-49,51,53,73,80H,19,27,31,35,47H2,1-3H3. The molecule has 5 aliphatic carbocycles. The van der Waals surface area contributed by atoms with Crippen molar-refractivity contribution < 1.29 is 0 Å². The Morgan fingerprint density at radius 2 is 1.30 bits per heavy atom. The van der Waals surface area contributed by atoms with Crippen LogP contribution in [0.5, 0.6) is 0 Å². The van der Waals surface area contributed by atoms with Gasteiger partial charge in [0.1, 0.15) is 0 Å². The van der Waals surface area contributed by atoms with Crippen LogP contribution in [0.15, 0.2) is 249 Å². The van der Waals surface area contributed by atoms with Gasteiger partial charge in [-0.2, -0.15) is 0 Å². The largest absolute Gasteiger partial charge is 0.378 e. The van der Waals surface area contributed by atoms with E-state index < -0.39 is 0 Å². The van der Waals surface area contributed by atoms with E-state index in [0.717, 1.165) is 37.8 Å². The van der Waals surface area contributed by atoms with Crippen molar-refractivity contribution in [2.45, 2.75) is 75.8 Å². The first-order chi connectivity index (χ1) is 40.8. The summed E-state index contributed by atoms with van der Waals surface area (Å²) < 4.78 is 4.13. The predicted molar refractivity (Wildman–Crippen MR) is 359 cm³/mol. The summed E-state index contributed by atoms with van der Waals surface area (Å²) in [6.07, 6.45) is 35.0. The van der Waals surface area contributed by atoms with E-state index in [0.29, 0.717) is 5.92 Å². The van der Waals surface area contributed by atoms with E-state index in [-0.39, 0.29) is 22.9 Å². The van der Waals surface area contributed by atoms with Gasteiger partial charge in [-0.25, -0.2) is 0 Å². The van der Waals surface area contributed by atoms with Crippen LogP contribution in [-0.4, -0.2) is 5.54 Å². The minimum Gasteiger partial charge on any atom is -0.378 e. The molecule has 2 aromatic heterocycles. The van der Waals surface area contributed by atoms with Gasteiger partial charge in [-0.15, -0.1) is 22.7 Å². The van der Waals surface area contributed by atoms with Crippen LogP contribution in [0.3, 0.4) is 0 Å². The number of anilines is 3. The Balaban J connectivity index is 0.860. The maximum absolute atomic E-state index is 4.28. The van der Waals surface area contributed by atoms with E-state index in [1.165, 1.54) is 129 Å². The van der Waals surface area contributed by atoms with E-state index in [4.69, 9.17) is 0 Å². The van der Waals surface area contributed by atoms with Gasteiger partial charge in [0.25, 0.3) is 0 Å². The highest BCUT2D eigenvalue weighted by atomic mass is 32.1. The van der Waals surface area contributed by atoms with Gasteiger partial charge in [0.05, 0.1) is 22.0 Å². The van der Waals surface area contributed by atoms with Crippen molar-refractivity contribution in [2.75, 3.05) is 10.2 Å². The van der Waals surface area contributed by atoms with Gasteiger partial charge < -0.3 is 10.2 Å². The number of nitrogens with one attached hydrogen (secondary N) is 1. The van der Waals surface area contributed by atoms with E-state index in [2.05, 4.69) is 280 Å². The first kappa shape index (κ1) is 50.2. The average Bonchev–Trinajstić information content (AvgIpc) is 3.19. The molecule has 0 fully saturated rings. The van der Waals surface area contributed by atoms with Crippen molar-refractivity contribution in [2.24, 2.45) is 5.92 Å². The summed E-state index contributed by atoms with van der Waals surface area (Å²) in [5, 5.41) is 13.6. The third kappa shape index (κ3) is 8.08. The van der Waals surface area contributed by atoms with Crippen molar-refractivity contribution >= 4 is 97.1 Å². The van der Waals surface area contributed by atoms with Crippen molar-refractivity contribution in [3.63, 3.8) is 0 Å². The number of allylic oxidation sites excluding steroid dienone is 10. The second-order valence-electron chi connectivity index (χ2n) is 24.3. The second kappa shape index (κ2) is 19.8. The molecule has 0 radical (unpaired) electrons. The van der Waals surface area contributed by atoms with E-state index in [1.54, 1.807) is 0 Å². The fourth-order valence-electron chi connectivity index (χ4n) is 15.0. The van der Waals surface area contributed by atoms with Crippen LogP contribution in [0.4, 0.5) is 17.1 Å². The van der Waals surface area contributed by atoms with Gasteiger partial charge in [0.15, 0.2) is 0 Å². The van der Waals surface area contributed by atoms with E-state index in [1.807, 2.05) is 22.7 Å². The lowest BCUT2D eigenvalue weighted by atomic mass is 9.66. The van der Waals surface area contributed by atoms with Crippen LogP contribution in [0.25, 0.3) is 79.6 Å². The minimum absolute atomic E-state index is 0.0598. The molecule has 16 rings (SSSR count). The summed E-state index contributed by atoms with van der Waals surface area (Å²) in [4.78, 5) is 4.09. The third-order valence-corrected chi connectivity index (χ3v) is 21.6. The Morgan fingerprint density at radius 3 is 2.10 bits per heavy atom. The fourth-order valence-corrected chi connectivity index (χ4v) is 17.8. The van der Waals surface area contributed by atoms with Crippen LogP contribution in [0, 0.1) is 5.92 Å². The Hall–Kier alpha value is -8.54. The van der Waals surface area contributed by atoms with Crippen LogP contribution in [-0.2, 0) is 11.8 Å². The number of hydrogen-bond acceptors (Lipinski definition) is 4. The molecule has 2 nitrogen and oxygen atoms in total. The van der Waals surface area contributed by atoms with Crippen LogP contribution in [0.1, 0.15) is 96.7 Å². The number of rotatable bonds is 10. The van der Waals surface area contributed by atoms with Crippen molar-refractivity contribution in [3.05, 3.63) is 287 Å². The number of benzene rings is 9. The smallest absolute Gasteiger partial charge is 0.0643 e. The molecule has 0 saturated carbocycles. The zero-order valence-corrected chi connectivity index (χ0v) is 48.8. The lowest BCUT2D eigenvalue weighted by Crippen LogP contribution is -2.42. The van der Waals surface area contributed by atoms with E-state index in [9.17, 15) is 0 Å². The topological polar surface area (TPSA) is 15.3 Å². The Kier molecular flexibility index (Phi) is 12.0. The van der Waals surface area contributed by atoms with Gasteiger partial charge in [-0.3, -0.25) is 0 Å². The van der Waals surface area contributed by atoms with Crippen LogP contribution in [0.2, 0.25) is 0 Å². The highest BCUT2D eigenvalue weighted by Crippen LogP contribution is 2.57. The van der Waals surface area contributed by atoms with Crippen LogP contribution < -0.4 is 10.2 Å². The molecule has 11 aromatic rings. The lowest BCUT2D eigenvalue weighted by molar-refractivity contribution is 0.558. The number of fused-ring (bicyclic) bond motifs is 10. The fraction of sp³-hybridized carbons (Fsp3) is 0.165. The van der Waals surface area contributed by atoms with Gasteiger partial charge in [0.2, 0.25) is 0 Å². The van der Waals surface area contributed by atoms with Gasteiger partial charge in [0, 0.05) is 53.7 Å². The molecule has 0 saturated heterocycles. The minimum atomic E-state index is -0.324. The molecule has 0 spiro atoms. The molecular weight excluding hydrogens is 1040 g/mol.